The van der Waals surface area contributed by atoms with Crippen molar-refractivity contribution in [3.63, 3.8) is 0 Å². The van der Waals surface area contributed by atoms with Crippen molar-refractivity contribution < 1.29 is 9.47 Å². The van der Waals surface area contributed by atoms with E-state index in [9.17, 15) is 0 Å². The van der Waals surface area contributed by atoms with Crippen LogP contribution in [-0.4, -0.2) is 64.6 Å². The van der Waals surface area contributed by atoms with Gasteiger partial charge < -0.3 is 9.47 Å². The van der Waals surface area contributed by atoms with Crippen LogP contribution in [-0.2, 0) is 23.1 Å². The Hall–Kier alpha value is -1.05. The monoisotopic (exact) mass is 241 g/mol. The molecule has 1 fully saturated rings. The van der Waals surface area contributed by atoms with E-state index in [0.717, 1.165) is 25.3 Å². The predicted octanol–water partition coefficient (Wildman–Crippen LogP) is -0.554. The maximum atomic E-state index is 5.41. The summed E-state index contributed by atoms with van der Waals surface area (Å²) in [6, 6.07) is 0.377. The molecule has 0 bridgehead atoms. The highest BCUT2D eigenvalue weighted by atomic mass is 16.5. The van der Waals surface area contributed by atoms with E-state index in [4.69, 9.17) is 9.47 Å². The van der Waals surface area contributed by atoms with Gasteiger partial charge in [-0.25, -0.2) is 4.68 Å². The average Bonchev–Trinajstić information content (AvgIpc) is 2.88. The van der Waals surface area contributed by atoms with Gasteiger partial charge >= 0.3 is 0 Å². The number of hydrogen-bond acceptors (Lipinski definition) is 6. The molecular weight excluding hydrogens is 222 g/mol. The summed E-state index contributed by atoms with van der Waals surface area (Å²) in [5.41, 5.74) is 0. The molecule has 1 aliphatic heterocycles. The second kappa shape index (κ2) is 5.52. The normalized spacial score (nSPS) is 25.6. The number of aromatic nitrogens is 4. The number of hydrogen-bond donors (Lipinski definition) is 0. The van der Waals surface area contributed by atoms with E-state index in [0.29, 0.717) is 12.6 Å². The molecule has 7 nitrogen and oxygen atoms in total. The largest absolute Gasteiger partial charge is 0.383 e. The van der Waals surface area contributed by atoms with Crippen LogP contribution in [0.25, 0.3) is 0 Å². The zero-order valence-corrected chi connectivity index (χ0v) is 10.5. The fourth-order valence-electron chi connectivity index (χ4n) is 2.23. The first-order valence-corrected chi connectivity index (χ1v) is 5.71. The third kappa shape index (κ3) is 2.80. The van der Waals surface area contributed by atoms with Crippen molar-refractivity contribution >= 4 is 0 Å². The maximum Gasteiger partial charge on any atom is 0.165 e. The van der Waals surface area contributed by atoms with E-state index in [1.807, 2.05) is 7.05 Å². The lowest BCUT2D eigenvalue weighted by Crippen LogP contribution is -2.33. The van der Waals surface area contributed by atoms with E-state index < -0.39 is 0 Å². The van der Waals surface area contributed by atoms with Gasteiger partial charge in [0.25, 0.3) is 0 Å². The third-order valence-corrected chi connectivity index (χ3v) is 3.23. The summed E-state index contributed by atoms with van der Waals surface area (Å²) in [6.45, 7) is 2.35. The van der Waals surface area contributed by atoms with Crippen LogP contribution in [0.15, 0.2) is 0 Å². The molecule has 2 heterocycles. The Morgan fingerprint density at radius 1 is 1.41 bits per heavy atom. The van der Waals surface area contributed by atoms with Gasteiger partial charge in [0.1, 0.15) is 0 Å². The van der Waals surface area contributed by atoms with E-state index in [2.05, 4.69) is 20.4 Å². The molecule has 0 amide bonds. The summed E-state index contributed by atoms with van der Waals surface area (Å²) in [6.07, 6.45) is 1.27. The van der Waals surface area contributed by atoms with Crippen LogP contribution in [0.5, 0.6) is 0 Å². The van der Waals surface area contributed by atoms with Gasteiger partial charge in [0.2, 0.25) is 0 Å². The van der Waals surface area contributed by atoms with Crippen LogP contribution < -0.4 is 0 Å². The number of rotatable bonds is 5. The van der Waals surface area contributed by atoms with Gasteiger partial charge in [-0.05, 0) is 16.8 Å². The van der Waals surface area contributed by atoms with Crippen molar-refractivity contribution in [2.24, 2.45) is 7.05 Å². The van der Waals surface area contributed by atoms with Crippen molar-refractivity contribution in [1.82, 2.24) is 25.1 Å². The van der Waals surface area contributed by atoms with Gasteiger partial charge in [-0.15, -0.1) is 5.10 Å². The summed E-state index contributed by atoms with van der Waals surface area (Å²) in [7, 11) is 5.33. The minimum Gasteiger partial charge on any atom is -0.383 e. The highest BCUT2D eigenvalue weighted by Gasteiger charge is 2.32. The van der Waals surface area contributed by atoms with E-state index in [1.165, 1.54) is 0 Å². The molecule has 1 aliphatic rings. The van der Waals surface area contributed by atoms with Crippen molar-refractivity contribution in [1.29, 1.82) is 0 Å². The molecule has 7 heteroatoms. The Morgan fingerprint density at radius 3 is 2.82 bits per heavy atom. The molecule has 1 aromatic rings. The Balaban J connectivity index is 2.00. The second-order valence-corrected chi connectivity index (χ2v) is 4.35. The first kappa shape index (κ1) is 12.4. The maximum absolute atomic E-state index is 5.41. The number of methoxy groups -OCH3 is 2. The quantitative estimate of drug-likeness (QED) is 0.689. The lowest BCUT2D eigenvalue weighted by molar-refractivity contribution is 0.104. The van der Waals surface area contributed by atoms with E-state index in [-0.39, 0.29) is 6.10 Å². The van der Waals surface area contributed by atoms with Gasteiger partial charge in [0, 0.05) is 33.9 Å². The molecule has 0 aromatic carbocycles. The smallest absolute Gasteiger partial charge is 0.165 e. The fourth-order valence-corrected chi connectivity index (χ4v) is 2.23. The van der Waals surface area contributed by atoms with E-state index >= 15 is 0 Å². The summed E-state index contributed by atoms with van der Waals surface area (Å²) in [5, 5.41) is 11.5. The Morgan fingerprint density at radius 2 is 2.24 bits per heavy atom. The zero-order chi connectivity index (χ0) is 12.3. The summed E-state index contributed by atoms with van der Waals surface area (Å²) in [4.78, 5) is 2.31. The summed E-state index contributed by atoms with van der Waals surface area (Å²) in [5.74, 6) is 0.864. The SMILES string of the molecule is COC[C@@H]1C[C@H](OC)CN1Cc1nnnn1C. The molecule has 0 unspecified atom stereocenters. The standard InChI is InChI=1S/C10H19N5O2/c1-14-10(11-12-13-14)6-15-5-9(17-3)4-8(15)7-16-2/h8-9H,4-7H2,1-3H3/t8-,9-/m0/s1. The summed E-state index contributed by atoms with van der Waals surface area (Å²) >= 11 is 0. The molecule has 17 heavy (non-hydrogen) atoms. The van der Waals surface area contributed by atoms with Crippen molar-refractivity contribution in [2.75, 3.05) is 27.4 Å². The highest BCUT2D eigenvalue weighted by molar-refractivity contribution is 4.90. The molecule has 0 radical (unpaired) electrons. The topological polar surface area (TPSA) is 65.3 Å². The molecule has 1 aromatic heterocycles. The zero-order valence-electron chi connectivity index (χ0n) is 10.5. The number of likely N-dealkylation sites (tertiary alicyclic amines) is 1. The van der Waals surface area contributed by atoms with Crippen LogP contribution >= 0.6 is 0 Å². The minimum absolute atomic E-state index is 0.274. The molecule has 0 saturated carbocycles. The lowest BCUT2D eigenvalue weighted by Gasteiger charge is -2.22. The van der Waals surface area contributed by atoms with Crippen LogP contribution in [0.3, 0.4) is 0 Å². The molecular formula is C10H19N5O2. The number of tetrazole rings is 1. The Labute approximate surface area is 101 Å². The molecule has 1 saturated heterocycles. The number of ether oxygens (including phenoxy) is 2. The van der Waals surface area contributed by atoms with E-state index in [1.54, 1.807) is 18.9 Å². The Kier molecular flexibility index (Phi) is 4.03. The highest BCUT2D eigenvalue weighted by Crippen LogP contribution is 2.21. The minimum atomic E-state index is 0.274. The van der Waals surface area contributed by atoms with Gasteiger partial charge in [-0.3, -0.25) is 4.90 Å². The number of aryl methyl sites for hydroxylation is 1. The van der Waals surface area contributed by atoms with Crippen molar-refractivity contribution in [2.45, 2.75) is 25.1 Å². The number of nitrogens with zero attached hydrogens (tertiary/aromatic N) is 5. The lowest BCUT2D eigenvalue weighted by atomic mass is 10.2. The van der Waals surface area contributed by atoms with Crippen LogP contribution in [0, 0.1) is 0 Å². The second-order valence-electron chi connectivity index (χ2n) is 4.35. The van der Waals surface area contributed by atoms with Crippen LogP contribution in [0.1, 0.15) is 12.2 Å². The molecule has 96 valence electrons. The average molecular weight is 241 g/mol. The first-order valence-electron chi connectivity index (χ1n) is 5.71. The van der Waals surface area contributed by atoms with Gasteiger partial charge in [0.15, 0.2) is 5.82 Å². The molecule has 2 rings (SSSR count). The molecule has 0 aliphatic carbocycles. The molecule has 2 atom stereocenters. The van der Waals surface area contributed by atoms with Gasteiger partial charge in [-0.1, -0.05) is 0 Å². The predicted molar refractivity (Wildman–Crippen MR) is 60.3 cm³/mol. The van der Waals surface area contributed by atoms with Gasteiger partial charge in [-0.2, -0.15) is 0 Å². The molecule has 0 N–H and O–H groups in total. The fraction of sp³-hybridized carbons (Fsp3) is 0.900. The third-order valence-electron chi connectivity index (χ3n) is 3.23. The van der Waals surface area contributed by atoms with Crippen molar-refractivity contribution in [3.8, 4) is 0 Å². The first-order chi connectivity index (χ1) is 8.24. The Bertz CT molecular complexity index is 356. The molecule has 0 spiro atoms. The summed E-state index contributed by atoms with van der Waals surface area (Å²) < 4.78 is 12.4. The van der Waals surface area contributed by atoms with Gasteiger partial charge in [0.05, 0.1) is 19.3 Å². The van der Waals surface area contributed by atoms with Crippen LogP contribution in [0.4, 0.5) is 0 Å². The van der Waals surface area contributed by atoms with Crippen LogP contribution in [0.2, 0.25) is 0 Å². The van der Waals surface area contributed by atoms with Crippen molar-refractivity contribution in [3.05, 3.63) is 5.82 Å².